The Morgan fingerprint density at radius 3 is 1.72 bits per heavy atom. The van der Waals surface area contributed by atoms with Gasteiger partial charge in [-0.2, -0.15) is 0 Å². The minimum absolute atomic E-state index is 0.00679. The Hall–Kier alpha value is -4.03. The van der Waals surface area contributed by atoms with Gasteiger partial charge in [-0.15, -0.1) is 17.4 Å². The molecule has 284 valence electrons. The molecule has 0 bridgehead atoms. The number of nitrogens with one attached hydrogen (secondary N) is 2. The highest BCUT2D eigenvalue weighted by Crippen LogP contribution is 2.63. The molecule has 6 unspecified atom stereocenters. The predicted octanol–water partition coefficient (Wildman–Crippen LogP) is 9.43. The molecule has 1 heterocycles. The number of rotatable bonds is 11. The standard InChI is InChI=1S/C21H25ClN4O.C16H19ClN4O.C5H6/c1-2-18(24-21(27)13-5-7-14(22)8-6-13)20-16-9-15(10-17(16)20)26-19(11-23-25-26)12-3-4-12;1-2-14(15-12-7-11(20-21-18)8-13(12)15)19-16(22)9-3-5-10(17)6-4-9;1-2-5-3-4-5/h5-8,11-12,15-18,20H,2-4,9-10H2,1H3,(H,24,27);3-6,11-15H,2,7-8H2,1H3,(H,19,22);1,5H,3-4H2/t15?,16-,17+,18?,20?;11?,12-,13+,14?,15?;. The third-order valence-electron chi connectivity index (χ3n) is 12.6. The molecule has 0 radical (unpaired) electrons. The number of terminal acetylenes is 1. The van der Waals surface area contributed by atoms with Gasteiger partial charge in [0.2, 0.25) is 0 Å². The molecule has 10 nitrogen and oxygen atoms in total. The fourth-order valence-electron chi connectivity index (χ4n) is 9.39. The lowest BCUT2D eigenvalue weighted by Crippen LogP contribution is -2.37. The monoisotopic (exact) mass is 768 g/mol. The Bertz CT molecular complexity index is 1850. The van der Waals surface area contributed by atoms with Crippen molar-refractivity contribution in [3.05, 3.63) is 92.0 Å². The van der Waals surface area contributed by atoms with Gasteiger partial charge in [0.15, 0.2) is 0 Å². The van der Waals surface area contributed by atoms with Crippen LogP contribution in [0, 0.1) is 53.8 Å². The molecule has 1 aromatic heterocycles. The van der Waals surface area contributed by atoms with E-state index < -0.39 is 0 Å². The van der Waals surface area contributed by atoms with Crippen LogP contribution >= 0.6 is 23.2 Å². The predicted molar refractivity (Wildman–Crippen MR) is 211 cm³/mol. The maximum Gasteiger partial charge on any atom is 0.251 e. The van der Waals surface area contributed by atoms with Crippen molar-refractivity contribution >= 4 is 35.0 Å². The zero-order valence-corrected chi connectivity index (χ0v) is 32.5. The number of hydrogen-bond acceptors (Lipinski definition) is 5. The van der Waals surface area contributed by atoms with Crippen molar-refractivity contribution < 1.29 is 9.59 Å². The molecular weight excluding hydrogens is 719 g/mol. The summed E-state index contributed by atoms with van der Waals surface area (Å²) in [6.07, 6.45) is 18.2. The molecule has 10 atom stereocenters. The minimum atomic E-state index is -0.0416. The van der Waals surface area contributed by atoms with E-state index in [0.29, 0.717) is 74.6 Å². The van der Waals surface area contributed by atoms with Gasteiger partial charge < -0.3 is 10.6 Å². The summed E-state index contributed by atoms with van der Waals surface area (Å²) < 4.78 is 2.20. The van der Waals surface area contributed by atoms with E-state index >= 15 is 0 Å². The number of fused-ring (bicyclic) bond motifs is 2. The Balaban J connectivity index is 0.000000150. The second-order valence-electron chi connectivity index (χ2n) is 16.1. The number of carbonyl (C=O) groups excluding carboxylic acids is 2. The summed E-state index contributed by atoms with van der Waals surface area (Å²) >= 11 is 11.8. The summed E-state index contributed by atoms with van der Waals surface area (Å²) in [5.41, 5.74) is 11.2. The molecule has 9 rings (SSSR count). The lowest BCUT2D eigenvalue weighted by Gasteiger charge is -2.22. The molecule has 0 saturated heterocycles. The largest absolute Gasteiger partial charge is 0.349 e. The van der Waals surface area contributed by atoms with E-state index in [0.717, 1.165) is 25.7 Å². The lowest BCUT2D eigenvalue weighted by atomic mass is 9.99. The molecule has 3 aromatic rings. The van der Waals surface area contributed by atoms with Gasteiger partial charge in [-0.05, 0) is 154 Å². The highest BCUT2D eigenvalue weighted by molar-refractivity contribution is 6.31. The molecule has 6 aliphatic rings. The Morgan fingerprint density at radius 1 is 0.852 bits per heavy atom. The summed E-state index contributed by atoms with van der Waals surface area (Å²) in [5, 5.41) is 20.1. The Kier molecular flexibility index (Phi) is 11.9. The van der Waals surface area contributed by atoms with Crippen molar-refractivity contribution in [1.82, 2.24) is 25.6 Å². The van der Waals surface area contributed by atoms with E-state index in [1.165, 1.54) is 44.2 Å². The highest BCUT2D eigenvalue weighted by Gasteiger charge is 2.60. The number of hydrogen-bond donors (Lipinski definition) is 2. The molecule has 12 heteroatoms. The molecular formula is C42H50Cl2N8O2. The average Bonchev–Trinajstić information content (AvgIpc) is 4.15. The maximum atomic E-state index is 12.6. The normalized spacial score (nSPS) is 29.2. The van der Waals surface area contributed by atoms with E-state index in [-0.39, 0.29) is 29.9 Å². The van der Waals surface area contributed by atoms with Crippen LogP contribution in [0.15, 0.2) is 59.8 Å². The van der Waals surface area contributed by atoms with Gasteiger partial charge in [0.05, 0.1) is 17.9 Å². The molecule has 0 spiro atoms. The van der Waals surface area contributed by atoms with Gasteiger partial charge in [0.25, 0.3) is 11.8 Å². The number of halogens is 2. The van der Waals surface area contributed by atoms with Crippen molar-refractivity contribution in [2.75, 3.05) is 0 Å². The van der Waals surface area contributed by atoms with Crippen molar-refractivity contribution in [1.29, 1.82) is 0 Å². The van der Waals surface area contributed by atoms with E-state index in [1.807, 2.05) is 6.20 Å². The van der Waals surface area contributed by atoms with Gasteiger partial charge in [-0.25, -0.2) is 4.68 Å². The molecule has 0 aliphatic heterocycles. The Morgan fingerprint density at radius 2 is 1.33 bits per heavy atom. The third kappa shape index (κ3) is 8.91. The van der Waals surface area contributed by atoms with Crippen molar-refractivity contribution in [3.8, 4) is 12.3 Å². The molecule has 2 N–H and O–H groups in total. The molecule has 6 aliphatic carbocycles. The second-order valence-corrected chi connectivity index (χ2v) is 16.9. The quantitative estimate of drug-likeness (QED) is 0.0869. The van der Waals surface area contributed by atoms with Crippen molar-refractivity contribution in [2.24, 2.45) is 46.5 Å². The van der Waals surface area contributed by atoms with Gasteiger partial charge in [-0.1, -0.05) is 47.4 Å². The van der Waals surface area contributed by atoms with Crippen LogP contribution in [0.1, 0.15) is 116 Å². The molecule has 2 amide bonds. The highest BCUT2D eigenvalue weighted by atomic mass is 35.5. The maximum absolute atomic E-state index is 12.6. The summed E-state index contributed by atoms with van der Waals surface area (Å²) in [6.45, 7) is 4.27. The first kappa shape index (κ1) is 38.3. The number of azide groups is 1. The number of carbonyl (C=O) groups is 2. The summed E-state index contributed by atoms with van der Waals surface area (Å²) in [7, 11) is 0. The van der Waals surface area contributed by atoms with Crippen LogP contribution < -0.4 is 10.6 Å². The summed E-state index contributed by atoms with van der Waals surface area (Å²) in [5.74, 6) is 7.72. The number of nitrogens with zero attached hydrogens (tertiary/aromatic N) is 6. The van der Waals surface area contributed by atoms with Gasteiger partial charge >= 0.3 is 0 Å². The van der Waals surface area contributed by atoms with Gasteiger partial charge in [0.1, 0.15) is 0 Å². The molecule has 2 aromatic carbocycles. The number of aromatic nitrogens is 3. The number of amides is 2. The van der Waals surface area contributed by atoms with Gasteiger partial charge in [-0.3, -0.25) is 9.59 Å². The first-order valence-corrected chi connectivity index (χ1v) is 20.5. The zero-order valence-electron chi connectivity index (χ0n) is 31.0. The summed E-state index contributed by atoms with van der Waals surface area (Å²) in [6, 6.07) is 15.2. The lowest BCUT2D eigenvalue weighted by molar-refractivity contribution is 0.0918. The molecule has 6 fully saturated rings. The van der Waals surface area contributed by atoms with Gasteiger partial charge in [0, 0.05) is 56.0 Å². The fourth-order valence-corrected chi connectivity index (χ4v) is 9.64. The van der Waals surface area contributed by atoms with Crippen LogP contribution in [0.2, 0.25) is 10.0 Å². The van der Waals surface area contributed by atoms with Crippen molar-refractivity contribution in [3.63, 3.8) is 0 Å². The van der Waals surface area contributed by atoms with Crippen LogP contribution in [0.25, 0.3) is 10.4 Å². The van der Waals surface area contributed by atoms with E-state index in [9.17, 15) is 9.59 Å². The second kappa shape index (κ2) is 16.8. The van der Waals surface area contributed by atoms with Crippen molar-refractivity contribution in [2.45, 2.75) is 108 Å². The molecule has 54 heavy (non-hydrogen) atoms. The first-order valence-electron chi connectivity index (χ1n) is 19.8. The van der Waals surface area contributed by atoms with Crippen LogP contribution in [0.3, 0.4) is 0 Å². The zero-order chi connectivity index (χ0) is 37.9. The fraction of sp³-hybridized carbons (Fsp3) is 0.571. The summed E-state index contributed by atoms with van der Waals surface area (Å²) in [4.78, 5) is 27.8. The van der Waals surface area contributed by atoms with Crippen LogP contribution in [0.4, 0.5) is 0 Å². The Labute approximate surface area is 328 Å². The minimum Gasteiger partial charge on any atom is -0.349 e. The van der Waals surface area contributed by atoms with Crippen LogP contribution in [-0.4, -0.2) is 44.9 Å². The third-order valence-corrected chi connectivity index (χ3v) is 13.1. The topological polar surface area (TPSA) is 138 Å². The van der Waals surface area contributed by atoms with E-state index in [2.05, 4.69) is 55.4 Å². The van der Waals surface area contributed by atoms with E-state index in [1.54, 1.807) is 48.5 Å². The van der Waals surface area contributed by atoms with Crippen LogP contribution in [0.5, 0.6) is 0 Å². The number of benzene rings is 2. The van der Waals surface area contributed by atoms with Crippen LogP contribution in [-0.2, 0) is 0 Å². The SMILES string of the molecule is C#CC1CC1.CCC(NC(=O)c1ccc(Cl)cc1)C1[C@H]2CC(N=[N+]=[N-])C[C@@H]12.CCC(NC(=O)c1ccc(Cl)cc1)C1[C@H]2CC(n3nncc3C3CC3)C[C@@H]12. The molecule has 6 saturated carbocycles. The van der Waals surface area contributed by atoms with E-state index in [4.69, 9.17) is 35.2 Å². The smallest absolute Gasteiger partial charge is 0.251 e. The average molecular weight is 770 g/mol. The first-order chi connectivity index (χ1) is 26.2.